The highest BCUT2D eigenvalue weighted by molar-refractivity contribution is 7.22. The minimum absolute atomic E-state index is 0.116. The van der Waals surface area contributed by atoms with E-state index in [9.17, 15) is 4.79 Å². The predicted molar refractivity (Wildman–Crippen MR) is 58.9 cm³/mol. The monoisotopic (exact) mass is 226 g/mol. The molecule has 1 aromatic heterocycles. The Labute approximate surface area is 89.7 Å². The van der Waals surface area contributed by atoms with Gasteiger partial charge in [-0.2, -0.15) is 0 Å². The molecule has 2 aromatic rings. The normalized spacial score (nSPS) is 10.4. The highest BCUT2D eigenvalue weighted by atomic mass is 35.5. The number of nitrogens with zero attached hydrogens (tertiary/aromatic N) is 1. The van der Waals surface area contributed by atoms with E-state index in [4.69, 9.17) is 11.6 Å². The van der Waals surface area contributed by atoms with Crippen LogP contribution in [0.25, 0.3) is 10.2 Å². The molecule has 0 aliphatic rings. The van der Waals surface area contributed by atoms with Crippen LogP contribution in [0.2, 0.25) is 5.02 Å². The van der Waals surface area contributed by atoms with Crippen molar-refractivity contribution in [3.05, 3.63) is 23.2 Å². The van der Waals surface area contributed by atoms with Crippen LogP contribution in [0.5, 0.6) is 0 Å². The van der Waals surface area contributed by atoms with Crippen LogP contribution in [0, 0.1) is 0 Å². The van der Waals surface area contributed by atoms with E-state index in [0.717, 1.165) is 10.2 Å². The number of carbonyl (C=O) groups is 1. The van der Waals surface area contributed by atoms with Gasteiger partial charge in [0, 0.05) is 11.9 Å². The van der Waals surface area contributed by atoms with Crippen LogP contribution in [-0.4, -0.2) is 10.9 Å². The number of fused-ring (bicyclic) bond motifs is 1. The maximum Gasteiger partial charge on any atom is 0.223 e. The van der Waals surface area contributed by atoms with Gasteiger partial charge in [0.25, 0.3) is 0 Å². The van der Waals surface area contributed by atoms with Crippen LogP contribution in [0.4, 0.5) is 5.13 Å². The first-order valence-electron chi connectivity index (χ1n) is 3.99. The average molecular weight is 227 g/mol. The van der Waals surface area contributed by atoms with Crippen LogP contribution in [-0.2, 0) is 4.79 Å². The number of hydrogen-bond acceptors (Lipinski definition) is 3. The number of thiazole rings is 1. The van der Waals surface area contributed by atoms with Crippen LogP contribution in [0.1, 0.15) is 6.92 Å². The lowest BCUT2D eigenvalue weighted by Crippen LogP contribution is -2.04. The summed E-state index contributed by atoms with van der Waals surface area (Å²) in [4.78, 5) is 15.0. The zero-order chi connectivity index (χ0) is 10.1. The molecular weight excluding hydrogens is 220 g/mol. The van der Waals surface area contributed by atoms with E-state index < -0.39 is 0 Å². The number of anilines is 1. The highest BCUT2D eigenvalue weighted by Gasteiger charge is 2.04. The summed E-state index contributed by atoms with van der Waals surface area (Å²) in [5.41, 5.74) is 0.850. The van der Waals surface area contributed by atoms with Crippen LogP contribution >= 0.6 is 22.9 Å². The molecule has 14 heavy (non-hydrogen) atoms. The number of aromatic nitrogens is 1. The Balaban J connectivity index is 2.46. The largest absolute Gasteiger partial charge is 0.302 e. The lowest BCUT2D eigenvalue weighted by Gasteiger charge is -1.91. The SMILES string of the molecule is CC(=O)Nc1nc2ccc(Cl)cc2s1. The van der Waals surface area contributed by atoms with Crippen LogP contribution in [0.15, 0.2) is 18.2 Å². The van der Waals surface area contributed by atoms with Gasteiger partial charge in [-0.3, -0.25) is 4.79 Å². The Morgan fingerprint density at radius 1 is 1.57 bits per heavy atom. The minimum atomic E-state index is -0.116. The molecule has 0 saturated heterocycles. The molecule has 0 spiro atoms. The van der Waals surface area contributed by atoms with Gasteiger partial charge in [-0.25, -0.2) is 4.98 Å². The van der Waals surface area contributed by atoms with E-state index in [0.29, 0.717) is 10.2 Å². The molecule has 1 aromatic carbocycles. The Morgan fingerprint density at radius 3 is 3.07 bits per heavy atom. The van der Waals surface area contributed by atoms with Crippen molar-refractivity contribution in [2.45, 2.75) is 6.92 Å². The first kappa shape index (κ1) is 9.43. The quantitative estimate of drug-likeness (QED) is 0.813. The number of rotatable bonds is 1. The zero-order valence-corrected chi connectivity index (χ0v) is 8.95. The van der Waals surface area contributed by atoms with Crippen molar-refractivity contribution < 1.29 is 4.79 Å². The third-order valence-electron chi connectivity index (χ3n) is 1.63. The standard InChI is InChI=1S/C9H7ClN2OS/c1-5(13)11-9-12-7-3-2-6(10)4-8(7)14-9/h2-4H,1H3,(H,11,12,13). The Kier molecular flexibility index (Phi) is 2.39. The van der Waals surface area contributed by atoms with Gasteiger partial charge in [-0.15, -0.1) is 0 Å². The fraction of sp³-hybridized carbons (Fsp3) is 0.111. The van der Waals surface area contributed by atoms with E-state index in [2.05, 4.69) is 10.3 Å². The summed E-state index contributed by atoms with van der Waals surface area (Å²) in [5.74, 6) is -0.116. The summed E-state index contributed by atoms with van der Waals surface area (Å²) in [7, 11) is 0. The van der Waals surface area contributed by atoms with Crippen molar-refractivity contribution in [3.8, 4) is 0 Å². The summed E-state index contributed by atoms with van der Waals surface area (Å²) < 4.78 is 0.973. The summed E-state index contributed by atoms with van der Waals surface area (Å²) in [5, 5.41) is 3.92. The molecule has 0 unspecified atom stereocenters. The molecule has 0 aliphatic heterocycles. The van der Waals surface area contributed by atoms with Gasteiger partial charge in [0.15, 0.2) is 5.13 Å². The fourth-order valence-electron chi connectivity index (χ4n) is 1.10. The average Bonchev–Trinajstić information content (AvgIpc) is 2.44. The smallest absolute Gasteiger partial charge is 0.223 e. The number of carbonyl (C=O) groups excluding carboxylic acids is 1. The molecule has 0 aliphatic carbocycles. The molecule has 72 valence electrons. The minimum Gasteiger partial charge on any atom is -0.302 e. The number of amides is 1. The van der Waals surface area contributed by atoms with Crippen LogP contribution in [0.3, 0.4) is 0 Å². The Hall–Kier alpha value is -1.13. The first-order chi connectivity index (χ1) is 6.65. The molecule has 3 nitrogen and oxygen atoms in total. The van der Waals surface area contributed by atoms with E-state index in [-0.39, 0.29) is 5.91 Å². The number of nitrogens with one attached hydrogen (secondary N) is 1. The third kappa shape index (κ3) is 1.86. The van der Waals surface area contributed by atoms with Gasteiger partial charge in [0.05, 0.1) is 10.2 Å². The molecular formula is C9H7ClN2OS. The Bertz CT molecular complexity index is 495. The van der Waals surface area contributed by atoms with E-state index in [1.54, 1.807) is 6.07 Å². The number of benzene rings is 1. The summed E-state index contributed by atoms with van der Waals surface area (Å²) in [6.45, 7) is 1.46. The van der Waals surface area contributed by atoms with Gasteiger partial charge in [0.1, 0.15) is 0 Å². The van der Waals surface area contributed by atoms with Crippen molar-refractivity contribution >= 4 is 44.2 Å². The molecule has 1 N–H and O–H groups in total. The molecule has 1 heterocycles. The lowest BCUT2D eigenvalue weighted by molar-refractivity contribution is -0.114. The molecule has 1 amide bonds. The van der Waals surface area contributed by atoms with Gasteiger partial charge >= 0.3 is 0 Å². The van der Waals surface area contributed by atoms with Gasteiger partial charge in [-0.05, 0) is 18.2 Å². The third-order valence-corrected chi connectivity index (χ3v) is 2.80. The number of hydrogen-bond donors (Lipinski definition) is 1. The van der Waals surface area contributed by atoms with Crippen molar-refractivity contribution in [1.29, 1.82) is 0 Å². The van der Waals surface area contributed by atoms with E-state index >= 15 is 0 Å². The number of halogens is 1. The lowest BCUT2D eigenvalue weighted by atomic mass is 10.3. The molecule has 0 radical (unpaired) electrons. The maximum absolute atomic E-state index is 10.8. The Morgan fingerprint density at radius 2 is 2.36 bits per heavy atom. The van der Waals surface area contributed by atoms with Gasteiger partial charge in [-0.1, -0.05) is 22.9 Å². The molecule has 0 fully saturated rings. The van der Waals surface area contributed by atoms with Crippen molar-refractivity contribution in [1.82, 2.24) is 4.98 Å². The molecule has 0 bridgehead atoms. The van der Waals surface area contributed by atoms with Crippen molar-refractivity contribution in [2.24, 2.45) is 0 Å². The highest BCUT2D eigenvalue weighted by Crippen LogP contribution is 2.27. The van der Waals surface area contributed by atoms with E-state index in [1.807, 2.05) is 12.1 Å². The maximum atomic E-state index is 10.8. The molecule has 0 atom stereocenters. The topological polar surface area (TPSA) is 42.0 Å². The van der Waals surface area contributed by atoms with Crippen molar-refractivity contribution in [2.75, 3.05) is 5.32 Å². The van der Waals surface area contributed by atoms with Gasteiger partial charge < -0.3 is 5.32 Å². The molecule has 5 heteroatoms. The van der Waals surface area contributed by atoms with Crippen molar-refractivity contribution in [3.63, 3.8) is 0 Å². The molecule has 0 saturated carbocycles. The second kappa shape index (κ2) is 3.55. The zero-order valence-electron chi connectivity index (χ0n) is 7.37. The first-order valence-corrected chi connectivity index (χ1v) is 5.18. The molecule has 2 rings (SSSR count). The second-order valence-corrected chi connectivity index (χ2v) is 4.28. The summed E-state index contributed by atoms with van der Waals surface area (Å²) in [6, 6.07) is 5.44. The fourth-order valence-corrected chi connectivity index (χ4v) is 2.29. The van der Waals surface area contributed by atoms with E-state index in [1.165, 1.54) is 18.3 Å². The second-order valence-electron chi connectivity index (χ2n) is 2.81. The summed E-state index contributed by atoms with van der Waals surface area (Å²) in [6.07, 6.45) is 0. The van der Waals surface area contributed by atoms with Gasteiger partial charge in [0.2, 0.25) is 5.91 Å². The van der Waals surface area contributed by atoms with Crippen LogP contribution < -0.4 is 5.32 Å². The summed E-state index contributed by atoms with van der Waals surface area (Å²) >= 11 is 7.24. The predicted octanol–water partition coefficient (Wildman–Crippen LogP) is 2.91.